The second kappa shape index (κ2) is 8.76. The number of hydrogen-bond acceptors (Lipinski definition) is 2. The lowest BCUT2D eigenvalue weighted by atomic mass is 9.95. The van der Waals surface area contributed by atoms with Crippen molar-refractivity contribution in [2.75, 3.05) is 13.1 Å². The third kappa shape index (κ3) is 7.61. The number of rotatable bonds is 5. The second-order valence-electron chi connectivity index (χ2n) is 5.53. The molecule has 0 radical (unpaired) electrons. The molecule has 0 aromatic carbocycles. The predicted molar refractivity (Wildman–Crippen MR) is 74.5 cm³/mol. The van der Waals surface area contributed by atoms with Crippen molar-refractivity contribution in [1.82, 2.24) is 10.6 Å². The lowest BCUT2D eigenvalue weighted by molar-refractivity contribution is -0.122. The monoisotopic (exact) mass is 262 g/mol. The summed E-state index contributed by atoms with van der Waals surface area (Å²) in [5.41, 5.74) is 0. The van der Waals surface area contributed by atoms with Gasteiger partial charge in [-0.2, -0.15) is 0 Å². The van der Waals surface area contributed by atoms with Crippen molar-refractivity contribution in [2.45, 2.75) is 52.5 Å². The molecule has 0 aromatic heterocycles. The van der Waals surface area contributed by atoms with Crippen LogP contribution in [0.1, 0.15) is 46.5 Å². The highest BCUT2D eigenvalue weighted by Crippen LogP contribution is 2.14. The summed E-state index contributed by atoms with van der Waals surface area (Å²) in [7, 11) is 0. The molecule has 1 saturated heterocycles. The van der Waals surface area contributed by atoms with Gasteiger partial charge >= 0.3 is 0 Å². The van der Waals surface area contributed by atoms with E-state index in [0.717, 1.165) is 32.4 Å². The second-order valence-corrected chi connectivity index (χ2v) is 5.53. The predicted octanol–water partition coefficient (Wildman–Crippen LogP) is 2.35. The number of piperidine rings is 1. The van der Waals surface area contributed by atoms with E-state index in [0.29, 0.717) is 24.3 Å². The van der Waals surface area contributed by atoms with Crippen LogP contribution < -0.4 is 10.6 Å². The van der Waals surface area contributed by atoms with Crippen LogP contribution in [0, 0.1) is 11.8 Å². The minimum absolute atomic E-state index is 0. The van der Waals surface area contributed by atoms with E-state index in [2.05, 4.69) is 31.4 Å². The third-order valence-electron chi connectivity index (χ3n) is 3.11. The van der Waals surface area contributed by atoms with Crippen molar-refractivity contribution < 1.29 is 4.79 Å². The van der Waals surface area contributed by atoms with Gasteiger partial charge in [0, 0.05) is 12.5 Å². The van der Waals surface area contributed by atoms with Crippen LogP contribution in [0.3, 0.4) is 0 Å². The highest BCUT2D eigenvalue weighted by molar-refractivity contribution is 5.85. The van der Waals surface area contributed by atoms with E-state index in [1.807, 2.05) is 0 Å². The average Bonchev–Trinajstić information content (AvgIpc) is 2.17. The van der Waals surface area contributed by atoms with Crippen LogP contribution in [0.15, 0.2) is 0 Å². The Balaban J connectivity index is 0.00000256. The SMILES string of the molecule is CC(C)CC(C)CC(=O)NC1CCNCC1.Cl. The van der Waals surface area contributed by atoms with Crippen LogP contribution >= 0.6 is 12.4 Å². The van der Waals surface area contributed by atoms with Gasteiger partial charge in [-0.3, -0.25) is 4.79 Å². The molecule has 1 amide bonds. The first kappa shape index (κ1) is 16.7. The Kier molecular flexibility index (Phi) is 8.61. The van der Waals surface area contributed by atoms with Crippen LogP contribution in [0.5, 0.6) is 0 Å². The number of amides is 1. The number of carbonyl (C=O) groups is 1. The molecule has 1 rings (SSSR count). The van der Waals surface area contributed by atoms with Gasteiger partial charge < -0.3 is 10.6 Å². The van der Waals surface area contributed by atoms with E-state index >= 15 is 0 Å². The smallest absolute Gasteiger partial charge is 0.220 e. The normalized spacial score (nSPS) is 18.6. The maximum atomic E-state index is 11.8. The molecule has 0 saturated carbocycles. The molecule has 4 heteroatoms. The van der Waals surface area contributed by atoms with Gasteiger partial charge in [-0.15, -0.1) is 12.4 Å². The Morgan fingerprint density at radius 2 is 1.88 bits per heavy atom. The first-order valence-corrected chi connectivity index (χ1v) is 6.58. The summed E-state index contributed by atoms with van der Waals surface area (Å²) in [4.78, 5) is 11.8. The van der Waals surface area contributed by atoms with Crippen molar-refractivity contribution in [2.24, 2.45) is 11.8 Å². The molecule has 1 heterocycles. The fraction of sp³-hybridized carbons (Fsp3) is 0.923. The zero-order chi connectivity index (χ0) is 12.0. The fourth-order valence-electron chi connectivity index (χ4n) is 2.46. The van der Waals surface area contributed by atoms with Gasteiger partial charge in [0.15, 0.2) is 0 Å². The largest absolute Gasteiger partial charge is 0.353 e. The lowest BCUT2D eigenvalue weighted by Gasteiger charge is -2.24. The number of halogens is 1. The Morgan fingerprint density at radius 1 is 1.29 bits per heavy atom. The number of carbonyl (C=O) groups excluding carboxylic acids is 1. The standard InChI is InChI=1S/C13H26N2O.ClH/c1-10(2)8-11(3)9-13(16)15-12-4-6-14-7-5-12;/h10-12,14H,4-9H2,1-3H3,(H,15,16);1H. The zero-order valence-electron chi connectivity index (χ0n) is 11.3. The summed E-state index contributed by atoms with van der Waals surface area (Å²) < 4.78 is 0. The van der Waals surface area contributed by atoms with Crippen molar-refractivity contribution in [3.05, 3.63) is 0 Å². The van der Waals surface area contributed by atoms with Gasteiger partial charge in [0.25, 0.3) is 0 Å². The molecule has 0 aliphatic carbocycles. The first-order valence-electron chi connectivity index (χ1n) is 6.58. The summed E-state index contributed by atoms with van der Waals surface area (Å²) in [6.07, 6.45) is 3.97. The van der Waals surface area contributed by atoms with Gasteiger partial charge in [-0.1, -0.05) is 20.8 Å². The molecule has 1 aliphatic heterocycles. The van der Waals surface area contributed by atoms with Gasteiger partial charge in [0.1, 0.15) is 0 Å². The summed E-state index contributed by atoms with van der Waals surface area (Å²) in [5, 5.41) is 6.45. The molecule has 102 valence electrons. The van der Waals surface area contributed by atoms with Crippen LogP contribution in [0.4, 0.5) is 0 Å². The van der Waals surface area contributed by atoms with E-state index in [9.17, 15) is 4.79 Å². The Labute approximate surface area is 112 Å². The third-order valence-corrected chi connectivity index (χ3v) is 3.11. The summed E-state index contributed by atoms with van der Waals surface area (Å²) in [6, 6.07) is 0.403. The van der Waals surface area contributed by atoms with Crippen molar-refractivity contribution >= 4 is 18.3 Å². The van der Waals surface area contributed by atoms with Crippen LogP contribution in [0.2, 0.25) is 0 Å². The topological polar surface area (TPSA) is 41.1 Å². The Bertz CT molecular complexity index is 215. The average molecular weight is 263 g/mol. The number of nitrogens with one attached hydrogen (secondary N) is 2. The van der Waals surface area contributed by atoms with Crippen LogP contribution in [-0.2, 0) is 4.79 Å². The Morgan fingerprint density at radius 3 is 2.41 bits per heavy atom. The molecule has 1 atom stereocenters. The van der Waals surface area contributed by atoms with Crippen molar-refractivity contribution in [3.63, 3.8) is 0 Å². The highest BCUT2D eigenvalue weighted by Gasteiger charge is 2.17. The molecule has 1 fully saturated rings. The van der Waals surface area contributed by atoms with Crippen LogP contribution in [-0.4, -0.2) is 25.0 Å². The van der Waals surface area contributed by atoms with E-state index in [1.54, 1.807) is 0 Å². The van der Waals surface area contributed by atoms with Crippen molar-refractivity contribution in [3.8, 4) is 0 Å². The summed E-state index contributed by atoms with van der Waals surface area (Å²) >= 11 is 0. The van der Waals surface area contributed by atoms with Gasteiger partial charge in [0.05, 0.1) is 0 Å². The highest BCUT2D eigenvalue weighted by atomic mass is 35.5. The summed E-state index contributed by atoms with van der Waals surface area (Å²) in [5.74, 6) is 1.42. The molecular weight excluding hydrogens is 236 g/mol. The minimum Gasteiger partial charge on any atom is -0.353 e. The fourth-order valence-corrected chi connectivity index (χ4v) is 2.46. The maximum absolute atomic E-state index is 11.8. The zero-order valence-corrected chi connectivity index (χ0v) is 12.1. The van der Waals surface area contributed by atoms with E-state index in [1.165, 1.54) is 0 Å². The molecular formula is C13H27ClN2O. The van der Waals surface area contributed by atoms with E-state index in [4.69, 9.17) is 0 Å². The maximum Gasteiger partial charge on any atom is 0.220 e. The van der Waals surface area contributed by atoms with Crippen molar-refractivity contribution in [1.29, 1.82) is 0 Å². The molecule has 0 bridgehead atoms. The quantitative estimate of drug-likeness (QED) is 0.799. The minimum atomic E-state index is 0. The van der Waals surface area contributed by atoms with E-state index in [-0.39, 0.29) is 18.3 Å². The molecule has 0 aromatic rings. The molecule has 17 heavy (non-hydrogen) atoms. The molecule has 1 aliphatic rings. The first-order chi connectivity index (χ1) is 7.58. The van der Waals surface area contributed by atoms with Gasteiger partial charge in [-0.05, 0) is 44.2 Å². The van der Waals surface area contributed by atoms with Crippen LogP contribution in [0.25, 0.3) is 0 Å². The lowest BCUT2D eigenvalue weighted by Crippen LogP contribution is -2.43. The Hall–Kier alpha value is -0.280. The van der Waals surface area contributed by atoms with Gasteiger partial charge in [-0.25, -0.2) is 0 Å². The molecule has 1 unspecified atom stereocenters. The molecule has 0 spiro atoms. The van der Waals surface area contributed by atoms with Gasteiger partial charge in [0.2, 0.25) is 5.91 Å². The summed E-state index contributed by atoms with van der Waals surface area (Å²) in [6.45, 7) is 8.66. The molecule has 2 N–H and O–H groups in total. The van der Waals surface area contributed by atoms with E-state index < -0.39 is 0 Å². The number of hydrogen-bond donors (Lipinski definition) is 2. The molecule has 3 nitrogen and oxygen atoms in total.